The number of phenols is 1. The number of carbonyl (C=O) groups excluding carboxylic acids is 4. The van der Waals surface area contributed by atoms with Crippen molar-refractivity contribution in [3.63, 3.8) is 0 Å². The fraction of sp³-hybridized carbons (Fsp3) is 0.421. The Bertz CT molecular complexity index is 812. The van der Waals surface area contributed by atoms with Gasteiger partial charge in [0.25, 0.3) is 0 Å². The number of hydrogen-bond acceptors (Lipinski definition) is 7. The summed E-state index contributed by atoms with van der Waals surface area (Å²) in [6, 6.07) is 2.24. The van der Waals surface area contributed by atoms with Crippen molar-refractivity contribution in [1.82, 2.24) is 16.0 Å². The second-order valence-corrected chi connectivity index (χ2v) is 6.83. The zero-order chi connectivity index (χ0) is 23.6. The van der Waals surface area contributed by atoms with Gasteiger partial charge in [-0.15, -0.1) is 0 Å². The van der Waals surface area contributed by atoms with E-state index in [1.165, 1.54) is 31.2 Å². The fourth-order valence-corrected chi connectivity index (χ4v) is 2.53. The van der Waals surface area contributed by atoms with Crippen LogP contribution in [0.25, 0.3) is 0 Å². The Morgan fingerprint density at radius 3 is 2.06 bits per heavy atom. The maximum absolute atomic E-state index is 12.7. The molecular weight excluding hydrogens is 410 g/mol. The van der Waals surface area contributed by atoms with Crippen LogP contribution in [0.15, 0.2) is 24.3 Å². The Morgan fingerprint density at radius 2 is 1.55 bits per heavy atom. The number of aliphatic carboxylic acids is 1. The van der Waals surface area contributed by atoms with Crippen molar-refractivity contribution in [2.24, 2.45) is 11.5 Å². The van der Waals surface area contributed by atoms with Gasteiger partial charge in [0.2, 0.25) is 23.6 Å². The van der Waals surface area contributed by atoms with E-state index in [4.69, 9.17) is 16.6 Å². The van der Waals surface area contributed by atoms with Crippen LogP contribution in [0.3, 0.4) is 0 Å². The number of amides is 4. The van der Waals surface area contributed by atoms with E-state index in [1.807, 2.05) is 0 Å². The predicted molar refractivity (Wildman–Crippen MR) is 108 cm³/mol. The summed E-state index contributed by atoms with van der Waals surface area (Å²) < 4.78 is 0. The summed E-state index contributed by atoms with van der Waals surface area (Å²) in [5, 5.41) is 25.5. The number of benzene rings is 1. The van der Waals surface area contributed by atoms with Crippen molar-refractivity contribution in [2.45, 2.75) is 44.3 Å². The SMILES string of the molecule is CC(NC(=O)C(Cc1ccc(O)cc1)NC(=O)C(CCC(N)=O)NC(=O)CN)C(=O)O. The van der Waals surface area contributed by atoms with Crippen molar-refractivity contribution >= 4 is 29.6 Å². The van der Waals surface area contributed by atoms with Crippen LogP contribution in [-0.2, 0) is 30.4 Å². The number of primary amides is 1. The summed E-state index contributed by atoms with van der Waals surface area (Å²) in [6.45, 7) is 0.866. The van der Waals surface area contributed by atoms with Gasteiger partial charge in [-0.25, -0.2) is 0 Å². The van der Waals surface area contributed by atoms with Crippen LogP contribution in [-0.4, -0.2) is 64.5 Å². The smallest absolute Gasteiger partial charge is 0.325 e. The van der Waals surface area contributed by atoms with Gasteiger partial charge in [-0.3, -0.25) is 24.0 Å². The summed E-state index contributed by atoms with van der Waals surface area (Å²) in [4.78, 5) is 59.1. The number of rotatable bonds is 12. The molecule has 0 aliphatic carbocycles. The molecule has 1 aromatic carbocycles. The Balaban J connectivity index is 3.04. The first-order chi connectivity index (χ1) is 14.5. The Labute approximate surface area is 178 Å². The first kappa shape index (κ1) is 25.4. The van der Waals surface area contributed by atoms with Crippen LogP contribution in [0, 0.1) is 0 Å². The molecule has 3 atom stereocenters. The molecule has 0 saturated carbocycles. The fourth-order valence-electron chi connectivity index (χ4n) is 2.53. The molecule has 0 fully saturated rings. The summed E-state index contributed by atoms with van der Waals surface area (Å²) in [7, 11) is 0. The number of phenolic OH excluding ortho intramolecular Hbond substituents is 1. The van der Waals surface area contributed by atoms with Crippen molar-refractivity contribution < 1.29 is 34.2 Å². The molecule has 1 aromatic rings. The molecule has 170 valence electrons. The largest absolute Gasteiger partial charge is 0.508 e. The van der Waals surface area contributed by atoms with Gasteiger partial charge in [-0.2, -0.15) is 0 Å². The van der Waals surface area contributed by atoms with Crippen LogP contribution in [0.4, 0.5) is 0 Å². The highest BCUT2D eigenvalue weighted by atomic mass is 16.4. The highest BCUT2D eigenvalue weighted by molar-refractivity contribution is 5.94. The third-order valence-electron chi connectivity index (χ3n) is 4.25. The summed E-state index contributed by atoms with van der Waals surface area (Å²) in [6.07, 6.45) is -0.350. The standard InChI is InChI=1S/C19H27N5O7/c1-10(19(30)31)22-18(29)14(8-11-2-4-12(25)5-3-11)24-17(28)13(6-7-15(21)26)23-16(27)9-20/h2-5,10,13-14,25H,6-9,20H2,1H3,(H2,21,26)(H,22,29)(H,23,27)(H,24,28)(H,30,31). The topological polar surface area (TPSA) is 214 Å². The van der Waals surface area contributed by atoms with Crippen LogP contribution in [0.5, 0.6) is 5.75 Å². The highest BCUT2D eigenvalue weighted by Crippen LogP contribution is 2.12. The lowest BCUT2D eigenvalue weighted by atomic mass is 10.0. The van der Waals surface area contributed by atoms with E-state index < -0.39 is 54.3 Å². The predicted octanol–water partition coefficient (Wildman–Crippen LogP) is -2.28. The normalized spacial score (nSPS) is 13.4. The molecule has 0 saturated heterocycles. The van der Waals surface area contributed by atoms with Gasteiger partial charge in [-0.1, -0.05) is 12.1 Å². The van der Waals surface area contributed by atoms with E-state index in [9.17, 15) is 29.1 Å². The summed E-state index contributed by atoms with van der Waals surface area (Å²) >= 11 is 0. The minimum atomic E-state index is -1.27. The van der Waals surface area contributed by atoms with E-state index in [-0.39, 0.29) is 25.0 Å². The third kappa shape index (κ3) is 9.12. The summed E-state index contributed by atoms with van der Waals surface area (Å²) in [5.41, 5.74) is 10.9. The highest BCUT2D eigenvalue weighted by Gasteiger charge is 2.28. The maximum atomic E-state index is 12.7. The molecule has 0 aliphatic heterocycles. The second-order valence-electron chi connectivity index (χ2n) is 6.83. The van der Waals surface area contributed by atoms with Gasteiger partial charge >= 0.3 is 5.97 Å². The van der Waals surface area contributed by atoms with Gasteiger partial charge < -0.3 is 37.6 Å². The van der Waals surface area contributed by atoms with Crippen molar-refractivity contribution in [3.05, 3.63) is 29.8 Å². The molecule has 0 spiro atoms. The quantitative estimate of drug-likeness (QED) is 0.189. The number of carbonyl (C=O) groups is 5. The molecule has 0 aliphatic rings. The van der Waals surface area contributed by atoms with Crippen molar-refractivity contribution in [3.8, 4) is 5.75 Å². The molecule has 4 amide bonds. The molecule has 31 heavy (non-hydrogen) atoms. The monoisotopic (exact) mass is 437 g/mol. The van der Waals surface area contributed by atoms with E-state index in [0.29, 0.717) is 5.56 Å². The first-order valence-corrected chi connectivity index (χ1v) is 9.42. The minimum Gasteiger partial charge on any atom is -0.508 e. The van der Waals surface area contributed by atoms with E-state index in [0.717, 1.165) is 0 Å². The number of nitrogens with two attached hydrogens (primary N) is 2. The van der Waals surface area contributed by atoms with Gasteiger partial charge in [0.1, 0.15) is 23.9 Å². The zero-order valence-corrected chi connectivity index (χ0v) is 17.0. The molecule has 0 aromatic heterocycles. The van der Waals surface area contributed by atoms with Gasteiger partial charge in [0.05, 0.1) is 6.54 Å². The van der Waals surface area contributed by atoms with Crippen molar-refractivity contribution in [2.75, 3.05) is 6.54 Å². The Hall–Kier alpha value is -3.67. The zero-order valence-electron chi connectivity index (χ0n) is 17.0. The second kappa shape index (κ2) is 12.1. The Morgan fingerprint density at radius 1 is 0.968 bits per heavy atom. The van der Waals surface area contributed by atoms with Gasteiger partial charge in [0, 0.05) is 12.8 Å². The Kier molecular flexibility index (Phi) is 9.92. The molecule has 1 rings (SSSR count). The molecule has 12 nitrogen and oxygen atoms in total. The number of carboxylic acid groups (broad SMARTS) is 1. The number of hydrogen-bond donors (Lipinski definition) is 7. The van der Waals surface area contributed by atoms with Crippen molar-refractivity contribution in [1.29, 1.82) is 0 Å². The van der Waals surface area contributed by atoms with Crippen LogP contribution >= 0.6 is 0 Å². The first-order valence-electron chi connectivity index (χ1n) is 9.42. The lowest BCUT2D eigenvalue weighted by Crippen LogP contribution is -2.56. The number of nitrogens with one attached hydrogen (secondary N) is 3. The van der Waals surface area contributed by atoms with Crippen LogP contribution in [0.1, 0.15) is 25.3 Å². The minimum absolute atomic E-state index is 0.00398. The molecule has 0 bridgehead atoms. The molecule has 0 radical (unpaired) electrons. The van der Waals surface area contributed by atoms with E-state index >= 15 is 0 Å². The maximum Gasteiger partial charge on any atom is 0.325 e. The average Bonchev–Trinajstić information content (AvgIpc) is 2.71. The van der Waals surface area contributed by atoms with Gasteiger partial charge in [-0.05, 0) is 31.0 Å². The number of carboxylic acids is 1. The molecule has 0 heterocycles. The number of aromatic hydroxyl groups is 1. The lowest BCUT2D eigenvalue weighted by Gasteiger charge is -2.24. The van der Waals surface area contributed by atoms with E-state index in [2.05, 4.69) is 16.0 Å². The average molecular weight is 437 g/mol. The van der Waals surface area contributed by atoms with Gasteiger partial charge in [0.15, 0.2) is 0 Å². The molecule has 3 unspecified atom stereocenters. The third-order valence-corrected chi connectivity index (χ3v) is 4.25. The van der Waals surface area contributed by atoms with E-state index in [1.54, 1.807) is 0 Å². The molecule has 12 heteroatoms. The summed E-state index contributed by atoms with van der Waals surface area (Å²) in [5.74, 6) is -4.14. The molecular formula is C19H27N5O7. The van der Waals surface area contributed by atoms with Crippen LogP contribution in [0.2, 0.25) is 0 Å². The van der Waals surface area contributed by atoms with Crippen LogP contribution < -0.4 is 27.4 Å². The molecule has 9 N–H and O–H groups in total. The lowest BCUT2D eigenvalue weighted by molar-refractivity contribution is -0.141.